The maximum atomic E-state index is 12.7. The van der Waals surface area contributed by atoms with Gasteiger partial charge in [0, 0.05) is 24.0 Å². The fraction of sp³-hybridized carbons (Fsp3) is 0.308. The monoisotopic (exact) mass is 434 g/mol. The van der Waals surface area contributed by atoms with Crippen molar-refractivity contribution in [2.24, 2.45) is 5.92 Å². The number of rotatable bonds is 7. The average molecular weight is 434 g/mol. The van der Waals surface area contributed by atoms with Gasteiger partial charge in [0.15, 0.2) is 10.9 Å². The minimum Gasteiger partial charge on any atom is -0.492 e. The van der Waals surface area contributed by atoms with Gasteiger partial charge in [0.25, 0.3) is 0 Å². The average Bonchev–Trinajstić information content (AvgIpc) is 2.75. The summed E-state index contributed by atoms with van der Waals surface area (Å²) in [6.45, 7) is 8.35. The van der Waals surface area contributed by atoms with E-state index >= 15 is 0 Å². The van der Waals surface area contributed by atoms with Gasteiger partial charge in [-0.25, -0.2) is 0 Å². The highest BCUT2D eigenvalue weighted by molar-refractivity contribution is 5.84. The van der Waals surface area contributed by atoms with Crippen molar-refractivity contribution >= 4 is 21.9 Å². The second-order valence-electron chi connectivity index (χ2n) is 8.37. The van der Waals surface area contributed by atoms with Gasteiger partial charge in [0.2, 0.25) is 0 Å². The van der Waals surface area contributed by atoms with Crippen LogP contribution in [0.2, 0.25) is 0 Å². The lowest BCUT2D eigenvalue weighted by molar-refractivity contribution is 0.190. The highest BCUT2D eigenvalue weighted by Gasteiger charge is 2.14. The zero-order chi connectivity index (χ0) is 22.8. The Labute approximate surface area is 185 Å². The van der Waals surface area contributed by atoms with Crippen molar-refractivity contribution in [1.29, 1.82) is 0 Å². The molecule has 4 aromatic rings. The summed E-state index contributed by atoms with van der Waals surface area (Å²) in [6, 6.07) is 13.6. The predicted octanol–water partition coefficient (Wildman–Crippen LogP) is 5.43. The van der Waals surface area contributed by atoms with Crippen molar-refractivity contribution in [2.45, 2.75) is 33.6 Å². The Kier molecular flexibility index (Phi) is 6.04. The van der Waals surface area contributed by atoms with Crippen molar-refractivity contribution in [2.75, 3.05) is 13.2 Å². The molecule has 2 aromatic carbocycles. The Balaban J connectivity index is 1.48. The molecule has 0 aliphatic heterocycles. The Morgan fingerprint density at radius 1 is 0.781 bits per heavy atom. The van der Waals surface area contributed by atoms with E-state index in [-0.39, 0.29) is 22.7 Å². The van der Waals surface area contributed by atoms with E-state index in [0.717, 1.165) is 0 Å². The van der Waals surface area contributed by atoms with Crippen molar-refractivity contribution in [3.63, 3.8) is 0 Å². The molecular weight excluding hydrogens is 408 g/mol. The van der Waals surface area contributed by atoms with Gasteiger partial charge in [-0.15, -0.1) is 0 Å². The summed E-state index contributed by atoms with van der Waals surface area (Å²) in [5.41, 5.74) is 0.763. The second-order valence-corrected chi connectivity index (χ2v) is 8.37. The van der Waals surface area contributed by atoms with Crippen LogP contribution < -0.4 is 20.3 Å². The van der Waals surface area contributed by atoms with Crippen LogP contribution in [-0.4, -0.2) is 13.2 Å². The van der Waals surface area contributed by atoms with Gasteiger partial charge >= 0.3 is 0 Å². The number of benzene rings is 2. The first-order valence-corrected chi connectivity index (χ1v) is 10.7. The van der Waals surface area contributed by atoms with Crippen LogP contribution in [0.1, 0.15) is 38.2 Å². The summed E-state index contributed by atoms with van der Waals surface area (Å²) in [7, 11) is 0. The molecule has 2 aromatic heterocycles. The van der Waals surface area contributed by atoms with Gasteiger partial charge in [-0.3, -0.25) is 9.59 Å². The highest BCUT2D eigenvalue weighted by Crippen LogP contribution is 2.27. The molecule has 6 heteroatoms. The fourth-order valence-corrected chi connectivity index (χ4v) is 3.53. The van der Waals surface area contributed by atoms with Gasteiger partial charge in [0.05, 0.1) is 13.2 Å². The molecular formula is C26H26O6. The first-order valence-electron chi connectivity index (χ1n) is 10.7. The number of hydrogen-bond acceptors (Lipinski definition) is 6. The third-order valence-electron chi connectivity index (χ3n) is 5.19. The standard InChI is InChI=1S/C26H26O6/c1-15(2)24-12-19(28)26-21(8-6-10-23(26)32-24)30-14-16(3)13-29-20-7-5-9-22-25(20)18(27)11-17(4)31-22/h5-12,15-16H,13-14H2,1-4H3. The molecule has 6 nitrogen and oxygen atoms in total. The lowest BCUT2D eigenvalue weighted by Crippen LogP contribution is -2.18. The molecule has 32 heavy (non-hydrogen) atoms. The lowest BCUT2D eigenvalue weighted by atomic mass is 10.1. The first-order chi connectivity index (χ1) is 15.3. The molecule has 0 aliphatic rings. The summed E-state index contributed by atoms with van der Waals surface area (Å²) >= 11 is 0. The summed E-state index contributed by atoms with van der Waals surface area (Å²) in [6.07, 6.45) is 0. The van der Waals surface area contributed by atoms with E-state index in [1.807, 2.05) is 26.8 Å². The normalized spacial score (nSPS) is 12.4. The highest BCUT2D eigenvalue weighted by atomic mass is 16.5. The predicted molar refractivity (Wildman–Crippen MR) is 124 cm³/mol. The van der Waals surface area contributed by atoms with Gasteiger partial charge < -0.3 is 18.3 Å². The zero-order valence-electron chi connectivity index (χ0n) is 18.6. The first kappa shape index (κ1) is 21.7. The maximum Gasteiger partial charge on any atom is 0.196 e. The zero-order valence-corrected chi connectivity index (χ0v) is 18.6. The lowest BCUT2D eigenvalue weighted by Gasteiger charge is -2.16. The number of hydrogen-bond donors (Lipinski definition) is 0. The SMILES string of the molecule is Cc1cc(=O)c2c(OCC(C)COc3cccc4oc(C(C)C)cc(=O)c34)cccc2o1. The van der Waals surface area contributed by atoms with Crippen LogP contribution in [0.5, 0.6) is 11.5 Å². The molecule has 4 rings (SSSR count). The van der Waals surface area contributed by atoms with Gasteiger partial charge in [-0.2, -0.15) is 0 Å². The molecule has 0 N–H and O–H groups in total. The van der Waals surface area contributed by atoms with E-state index < -0.39 is 0 Å². The smallest absolute Gasteiger partial charge is 0.196 e. The van der Waals surface area contributed by atoms with Gasteiger partial charge in [0.1, 0.15) is 45.0 Å². The Morgan fingerprint density at radius 2 is 1.31 bits per heavy atom. The molecule has 0 spiro atoms. The minimum absolute atomic E-state index is 0.0000190. The van der Waals surface area contributed by atoms with E-state index in [9.17, 15) is 9.59 Å². The number of fused-ring (bicyclic) bond motifs is 2. The van der Waals surface area contributed by atoms with E-state index in [1.54, 1.807) is 37.3 Å². The van der Waals surface area contributed by atoms with E-state index in [4.69, 9.17) is 18.3 Å². The summed E-state index contributed by atoms with van der Waals surface area (Å²) in [4.78, 5) is 25.1. The topological polar surface area (TPSA) is 78.9 Å². The largest absolute Gasteiger partial charge is 0.492 e. The van der Waals surface area contributed by atoms with E-state index in [2.05, 4.69) is 0 Å². The fourth-order valence-electron chi connectivity index (χ4n) is 3.53. The van der Waals surface area contributed by atoms with Gasteiger partial charge in [-0.1, -0.05) is 32.9 Å². The molecule has 1 unspecified atom stereocenters. The third-order valence-corrected chi connectivity index (χ3v) is 5.19. The van der Waals surface area contributed by atoms with Crippen LogP contribution in [0.3, 0.4) is 0 Å². The molecule has 2 heterocycles. The molecule has 0 bridgehead atoms. The molecule has 0 amide bonds. The molecule has 0 saturated heterocycles. The van der Waals surface area contributed by atoms with Crippen molar-refractivity contribution in [1.82, 2.24) is 0 Å². The Morgan fingerprint density at radius 3 is 1.88 bits per heavy atom. The second kappa shape index (κ2) is 8.91. The van der Waals surface area contributed by atoms with Crippen LogP contribution in [0.25, 0.3) is 21.9 Å². The minimum atomic E-state index is -0.133. The van der Waals surface area contributed by atoms with E-state index in [0.29, 0.717) is 58.2 Å². The molecule has 0 aliphatic carbocycles. The third kappa shape index (κ3) is 4.40. The van der Waals surface area contributed by atoms with Crippen LogP contribution >= 0.6 is 0 Å². The molecule has 166 valence electrons. The Hall–Kier alpha value is -3.54. The van der Waals surface area contributed by atoms with Crippen molar-refractivity contribution in [3.05, 3.63) is 80.5 Å². The molecule has 0 saturated carbocycles. The van der Waals surface area contributed by atoms with E-state index in [1.165, 1.54) is 12.1 Å². The Bertz CT molecular complexity index is 1380. The van der Waals surface area contributed by atoms with Crippen LogP contribution in [0.4, 0.5) is 0 Å². The summed E-state index contributed by atoms with van der Waals surface area (Å²) in [5.74, 6) is 2.29. The molecule has 0 fully saturated rings. The van der Waals surface area contributed by atoms with Crippen LogP contribution in [0.15, 0.2) is 67.0 Å². The van der Waals surface area contributed by atoms with Crippen LogP contribution in [0, 0.1) is 12.8 Å². The quantitative estimate of drug-likeness (QED) is 0.386. The van der Waals surface area contributed by atoms with Crippen LogP contribution in [-0.2, 0) is 0 Å². The maximum absolute atomic E-state index is 12.7. The number of ether oxygens (including phenoxy) is 2. The molecule has 0 radical (unpaired) electrons. The number of aryl methyl sites for hydroxylation is 1. The molecule has 1 atom stereocenters. The van der Waals surface area contributed by atoms with Gasteiger partial charge in [-0.05, 0) is 31.2 Å². The van der Waals surface area contributed by atoms with Crippen molar-refractivity contribution in [3.8, 4) is 11.5 Å². The van der Waals surface area contributed by atoms with Crippen molar-refractivity contribution < 1.29 is 18.3 Å². The summed E-state index contributed by atoms with van der Waals surface area (Å²) in [5, 5.41) is 0.867. The summed E-state index contributed by atoms with van der Waals surface area (Å²) < 4.78 is 23.4.